The molecule has 0 aliphatic rings. The first-order chi connectivity index (χ1) is 7.13. The molecule has 0 spiro atoms. The van der Waals surface area contributed by atoms with E-state index >= 15 is 0 Å². The molecule has 5 nitrogen and oxygen atoms in total. The van der Waals surface area contributed by atoms with Crippen LogP contribution in [-0.2, 0) is 10.5 Å². The zero-order valence-electron chi connectivity index (χ0n) is 7.97. The molecule has 0 saturated heterocycles. The largest absolute Gasteiger partial charge is 0.463 e. The van der Waals surface area contributed by atoms with E-state index in [1.165, 1.54) is 0 Å². The first-order valence-corrected chi connectivity index (χ1v) is 5.25. The standard InChI is InChI=1S/C9H11N3O2S/c10-5-15-4-6-1-2-8(14-6)7(11)3-9(12)13/h1-2,7H,3-4,11H2,(H2,12,13). The van der Waals surface area contributed by atoms with E-state index in [2.05, 4.69) is 0 Å². The fourth-order valence-corrected chi connectivity index (χ4v) is 1.45. The summed E-state index contributed by atoms with van der Waals surface area (Å²) >= 11 is 1.08. The molecule has 1 heterocycles. The van der Waals surface area contributed by atoms with Crippen molar-refractivity contribution in [1.82, 2.24) is 0 Å². The third kappa shape index (κ3) is 3.65. The molecular weight excluding hydrogens is 214 g/mol. The average molecular weight is 225 g/mol. The van der Waals surface area contributed by atoms with Gasteiger partial charge in [-0.05, 0) is 23.9 Å². The van der Waals surface area contributed by atoms with Crippen LogP contribution in [0.4, 0.5) is 0 Å². The minimum Gasteiger partial charge on any atom is -0.463 e. The van der Waals surface area contributed by atoms with Crippen LogP contribution < -0.4 is 11.5 Å². The third-order valence-electron chi connectivity index (χ3n) is 1.75. The molecule has 0 fully saturated rings. The normalized spacial score (nSPS) is 12.0. The van der Waals surface area contributed by atoms with E-state index in [1.807, 2.05) is 5.40 Å². The first kappa shape index (κ1) is 11.6. The van der Waals surface area contributed by atoms with Gasteiger partial charge in [-0.25, -0.2) is 0 Å². The lowest BCUT2D eigenvalue weighted by Gasteiger charge is -2.04. The molecule has 0 aromatic carbocycles. The van der Waals surface area contributed by atoms with Gasteiger partial charge < -0.3 is 15.9 Å². The van der Waals surface area contributed by atoms with E-state index in [1.54, 1.807) is 12.1 Å². The lowest BCUT2D eigenvalue weighted by Crippen LogP contribution is -2.20. The molecule has 1 aromatic rings. The Kier molecular flexibility index (Phi) is 4.21. The average Bonchev–Trinajstić information content (AvgIpc) is 2.62. The maximum absolute atomic E-state index is 10.6. The van der Waals surface area contributed by atoms with Crippen LogP contribution in [0.15, 0.2) is 16.5 Å². The molecule has 80 valence electrons. The molecular formula is C9H11N3O2S. The summed E-state index contributed by atoms with van der Waals surface area (Å²) in [6.07, 6.45) is 0.0539. The summed E-state index contributed by atoms with van der Waals surface area (Å²) in [5.74, 6) is 1.19. The predicted octanol–water partition coefficient (Wildman–Crippen LogP) is 0.869. The van der Waals surface area contributed by atoms with Crippen LogP contribution in [0.3, 0.4) is 0 Å². The molecule has 1 amide bonds. The van der Waals surface area contributed by atoms with Crippen molar-refractivity contribution in [3.05, 3.63) is 23.7 Å². The monoisotopic (exact) mass is 225 g/mol. The Bertz CT molecular complexity index is 383. The highest BCUT2D eigenvalue weighted by Gasteiger charge is 2.13. The number of thioether (sulfide) groups is 1. The fraction of sp³-hybridized carbons (Fsp3) is 0.333. The second-order valence-electron chi connectivity index (χ2n) is 2.96. The summed E-state index contributed by atoms with van der Waals surface area (Å²) in [5, 5.41) is 10.3. The van der Waals surface area contributed by atoms with Crippen molar-refractivity contribution in [3.8, 4) is 5.40 Å². The smallest absolute Gasteiger partial charge is 0.219 e. The van der Waals surface area contributed by atoms with E-state index in [-0.39, 0.29) is 6.42 Å². The van der Waals surface area contributed by atoms with Crippen LogP contribution in [0.25, 0.3) is 0 Å². The molecule has 1 atom stereocenters. The molecule has 0 radical (unpaired) electrons. The Morgan fingerprint density at radius 3 is 3.00 bits per heavy atom. The number of carbonyl (C=O) groups excluding carboxylic acids is 1. The predicted molar refractivity (Wildman–Crippen MR) is 56.4 cm³/mol. The van der Waals surface area contributed by atoms with Crippen molar-refractivity contribution in [1.29, 1.82) is 5.26 Å². The number of carbonyl (C=O) groups is 1. The number of amides is 1. The number of hydrogen-bond donors (Lipinski definition) is 2. The van der Waals surface area contributed by atoms with Gasteiger partial charge in [0.05, 0.1) is 11.8 Å². The third-order valence-corrected chi connectivity index (χ3v) is 2.31. The lowest BCUT2D eigenvalue weighted by molar-refractivity contribution is -0.118. The van der Waals surface area contributed by atoms with E-state index < -0.39 is 11.9 Å². The number of nitrogens with zero attached hydrogens (tertiary/aromatic N) is 1. The maximum Gasteiger partial charge on any atom is 0.219 e. The van der Waals surface area contributed by atoms with Gasteiger partial charge in [0, 0.05) is 6.42 Å². The Hall–Kier alpha value is -1.45. The van der Waals surface area contributed by atoms with Crippen LogP contribution in [0.5, 0.6) is 0 Å². The van der Waals surface area contributed by atoms with Crippen molar-refractivity contribution in [2.75, 3.05) is 0 Å². The lowest BCUT2D eigenvalue weighted by atomic mass is 10.2. The van der Waals surface area contributed by atoms with Crippen LogP contribution in [0, 0.1) is 10.7 Å². The number of nitriles is 1. The molecule has 1 unspecified atom stereocenters. The Labute approximate surface area is 91.4 Å². The molecule has 15 heavy (non-hydrogen) atoms. The number of nitrogens with two attached hydrogens (primary N) is 2. The maximum atomic E-state index is 10.6. The van der Waals surface area contributed by atoms with Gasteiger partial charge in [0.1, 0.15) is 16.9 Å². The van der Waals surface area contributed by atoms with Crippen LogP contribution >= 0.6 is 11.8 Å². The van der Waals surface area contributed by atoms with Crippen molar-refractivity contribution < 1.29 is 9.21 Å². The highest BCUT2D eigenvalue weighted by Crippen LogP contribution is 2.20. The van der Waals surface area contributed by atoms with Crippen LogP contribution in [-0.4, -0.2) is 5.91 Å². The number of thiocyanates is 1. The molecule has 0 aliphatic heterocycles. The Morgan fingerprint density at radius 1 is 1.67 bits per heavy atom. The van der Waals surface area contributed by atoms with E-state index in [0.29, 0.717) is 17.3 Å². The van der Waals surface area contributed by atoms with Crippen molar-refractivity contribution in [2.45, 2.75) is 18.2 Å². The van der Waals surface area contributed by atoms with Crippen molar-refractivity contribution >= 4 is 17.7 Å². The second kappa shape index (κ2) is 5.44. The highest BCUT2D eigenvalue weighted by molar-refractivity contribution is 8.02. The number of primary amides is 1. The molecule has 0 bridgehead atoms. The van der Waals surface area contributed by atoms with Crippen molar-refractivity contribution in [2.24, 2.45) is 11.5 Å². The van der Waals surface area contributed by atoms with Gasteiger partial charge in [0.15, 0.2) is 0 Å². The summed E-state index contributed by atoms with van der Waals surface area (Å²) in [6.45, 7) is 0. The van der Waals surface area contributed by atoms with E-state index in [9.17, 15) is 4.79 Å². The quantitative estimate of drug-likeness (QED) is 0.723. The summed E-state index contributed by atoms with van der Waals surface area (Å²) in [5.41, 5.74) is 10.7. The molecule has 1 rings (SSSR count). The zero-order chi connectivity index (χ0) is 11.3. The summed E-state index contributed by atoms with van der Waals surface area (Å²) in [4.78, 5) is 10.6. The summed E-state index contributed by atoms with van der Waals surface area (Å²) in [6, 6.07) is 2.92. The van der Waals surface area contributed by atoms with Crippen LogP contribution in [0.2, 0.25) is 0 Å². The Balaban J connectivity index is 2.59. The zero-order valence-corrected chi connectivity index (χ0v) is 8.79. The minimum absolute atomic E-state index is 0.0539. The van der Waals surface area contributed by atoms with Gasteiger partial charge in [-0.2, -0.15) is 5.26 Å². The van der Waals surface area contributed by atoms with E-state index in [4.69, 9.17) is 21.1 Å². The van der Waals surface area contributed by atoms with Gasteiger partial charge >= 0.3 is 0 Å². The van der Waals surface area contributed by atoms with Gasteiger partial charge in [-0.3, -0.25) is 4.79 Å². The van der Waals surface area contributed by atoms with Gasteiger partial charge in [-0.1, -0.05) is 0 Å². The number of hydrogen-bond acceptors (Lipinski definition) is 5. The molecule has 4 N–H and O–H groups in total. The first-order valence-electron chi connectivity index (χ1n) is 4.27. The summed E-state index contributed by atoms with van der Waals surface area (Å²) < 4.78 is 5.34. The van der Waals surface area contributed by atoms with Gasteiger partial charge in [0.2, 0.25) is 5.91 Å². The van der Waals surface area contributed by atoms with Crippen LogP contribution in [0.1, 0.15) is 24.0 Å². The Morgan fingerprint density at radius 2 is 2.40 bits per heavy atom. The summed E-state index contributed by atoms with van der Waals surface area (Å²) in [7, 11) is 0. The second-order valence-corrected chi connectivity index (χ2v) is 3.72. The van der Waals surface area contributed by atoms with Gasteiger partial charge in [0.25, 0.3) is 0 Å². The number of furan rings is 1. The molecule has 0 aliphatic carbocycles. The van der Waals surface area contributed by atoms with Gasteiger partial charge in [-0.15, -0.1) is 0 Å². The SMILES string of the molecule is N#CSCc1ccc(C(N)CC(N)=O)o1. The topological polar surface area (TPSA) is 106 Å². The number of rotatable bonds is 5. The van der Waals surface area contributed by atoms with E-state index in [0.717, 1.165) is 11.8 Å². The fourth-order valence-electron chi connectivity index (χ4n) is 1.09. The highest BCUT2D eigenvalue weighted by atomic mass is 32.2. The van der Waals surface area contributed by atoms with Crippen molar-refractivity contribution in [3.63, 3.8) is 0 Å². The minimum atomic E-state index is -0.511. The molecule has 0 saturated carbocycles. The molecule has 1 aromatic heterocycles. The molecule has 6 heteroatoms.